The Labute approximate surface area is 371 Å². The van der Waals surface area contributed by atoms with Gasteiger partial charge in [0.2, 0.25) is 0 Å². The summed E-state index contributed by atoms with van der Waals surface area (Å²) in [6, 6.07) is 88.4. The molecule has 0 N–H and O–H groups in total. The topological polar surface area (TPSA) is 3.24 Å². The summed E-state index contributed by atoms with van der Waals surface area (Å²) in [5.74, 6) is 0. The van der Waals surface area contributed by atoms with E-state index in [4.69, 9.17) is 22.5 Å². The van der Waals surface area contributed by atoms with Gasteiger partial charge in [-0.15, -0.1) is 0 Å². The van der Waals surface area contributed by atoms with E-state index >= 15 is 0 Å². The number of nitrogens with zero attached hydrogens (tertiary/aromatic N) is 1. The molecule has 0 radical (unpaired) electrons. The van der Waals surface area contributed by atoms with E-state index in [0.29, 0.717) is 0 Å². The average molecular weight is 942 g/mol. The molecular formula is C51H40BrCl2NP4. The highest BCUT2D eigenvalue weighted by Gasteiger charge is 2.59. The summed E-state index contributed by atoms with van der Waals surface area (Å²) < 4.78 is 2.41. The predicted octanol–water partition coefficient (Wildman–Crippen LogP) is 10.1. The van der Waals surface area contributed by atoms with Crippen molar-refractivity contribution >= 4 is 99.6 Å². The minimum absolute atomic E-state index is 0. The van der Waals surface area contributed by atoms with Gasteiger partial charge in [-0.3, -0.25) is 4.44 Å². The van der Waals surface area contributed by atoms with Gasteiger partial charge < -0.3 is 17.0 Å². The van der Waals surface area contributed by atoms with E-state index in [2.05, 4.69) is 247 Å². The molecular weight excluding hydrogens is 901 g/mol. The van der Waals surface area contributed by atoms with Crippen LogP contribution in [0.1, 0.15) is 5.56 Å². The molecule has 1 aliphatic rings. The van der Waals surface area contributed by atoms with Crippen molar-refractivity contribution in [2.45, 2.75) is 0 Å². The predicted molar refractivity (Wildman–Crippen MR) is 263 cm³/mol. The molecule has 290 valence electrons. The minimum atomic E-state index is -2.79. The first kappa shape index (κ1) is 41.7. The molecule has 8 heteroatoms. The number of benzene rings is 8. The highest BCUT2D eigenvalue weighted by Crippen LogP contribution is 2.86. The zero-order chi connectivity index (χ0) is 39.4. The van der Waals surface area contributed by atoms with Crippen molar-refractivity contribution < 1.29 is 17.0 Å². The van der Waals surface area contributed by atoms with E-state index in [1.54, 1.807) is 0 Å². The Bertz CT molecular complexity index is 2490. The number of allylic oxidation sites excluding steroid dienone is 1. The normalized spacial score (nSPS) is 15.7. The molecule has 8 aromatic carbocycles. The molecule has 0 amide bonds. The summed E-state index contributed by atoms with van der Waals surface area (Å²) in [5.41, 5.74) is 3.33. The van der Waals surface area contributed by atoms with Gasteiger partial charge in [0.1, 0.15) is 30.6 Å². The Balaban J connectivity index is 0.00000484. The Morgan fingerprint density at radius 2 is 0.678 bits per heavy atom. The van der Waals surface area contributed by atoms with Gasteiger partial charge in [-0.05, 0) is 76.9 Å². The van der Waals surface area contributed by atoms with Gasteiger partial charge in [-0.1, -0.05) is 217 Å². The summed E-state index contributed by atoms with van der Waals surface area (Å²) in [5, 5.41) is 9.98. The second-order valence-corrected chi connectivity index (χ2v) is 26.2. The van der Waals surface area contributed by atoms with Crippen LogP contribution in [0.5, 0.6) is 0 Å². The average Bonchev–Trinajstić information content (AvgIpc) is 3.31. The standard InChI is InChI=1S/C51H40Cl2NP4.BrH/c52-55-50(57(43-29-13-3-14-30-43,44-31-15-4-16-32-44)45-33-17-5-18-34-45)49(41-25-9-1-10-26-41)51(56(53)54(55)42-27-11-2-12-28-42)58(46-35-19-6-20-36-46,47-37-21-7-22-38-47)48-39-23-8-24-40-48;/h1-40H;1H/q+1;/p-1. The number of halogens is 3. The molecule has 0 aromatic heterocycles. The number of para-hydroxylation sites is 1. The lowest BCUT2D eigenvalue weighted by atomic mass is 10.1. The van der Waals surface area contributed by atoms with E-state index in [-0.39, 0.29) is 17.0 Å². The zero-order valence-electron chi connectivity index (χ0n) is 32.0. The second kappa shape index (κ2) is 18.7. The van der Waals surface area contributed by atoms with Crippen LogP contribution >= 0.6 is 51.5 Å². The quantitative estimate of drug-likeness (QED) is 0.130. The summed E-state index contributed by atoms with van der Waals surface area (Å²) >= 11 is 17.0. The fraction of sp³-hybridized carbons (Fsp3) is 0. The van der Waals surface area contributed by atoms with Crippen LogP contribution in [0.3, 0.4) is 0 Å². The molecule has 1 aliphatic heterocycles. The lowest BCUT2D eigenvalue weighted by Crippen LogP contribution is -3.00. The van der Waals surface area contributed by atoms with Gasteiger partial charge in [0, 0.05) is 16.3 Å². The third-order valence-electron chi connectivity index (χ3n) is 10.7. The zero-order valence-corrected chi connectivity index (χ0v) is 38.6. The third kappa shape index (κ3) is 7.43. The Hall–Kier alpha value is -4.05. The molecule has 0 bridgehead atoms. The number of anilines is 1. The first-order chi connectivity index (χ1) is 28.7. The first-order valence-corrected chi connectivity index (χ1v) is 27.2. The highest BCUT2D eigenvalue weighted by atomic mass is 79.9. The van der Waals surface area contributed by atoms with Gasteiger partial charge in [-0.2, -0.15) is 0 Å². The van der Waals surface area contributed by atoms with Crippen molar-refractivity contribution in [3.63, 3.8) is 0 Å². The molecule has 9 rings (SSSR count). The van der Waals surface area contributed by atoms with Crippen molar-refractivity contribution in [2.24, 2.45) is 0 Å². The summed E-state index contributed by atoms with van der Waals surface area (Å²) in [7, 11) is -6.00. The maximum Gasteiger partial charge on any atom is 0.165 e. The summed E-state index contributed by atoms with van der Waals surface area (Å²) in [4.78, 5) is 0. The van der Waals surface area contributed by atoms with Crippen LogP contribution in [0.15, 0.2) is 248 Å². The molecule has 1 nitrogen and oxygen atoms in total. The van der Waals surface area contributed by atoms with Crippen LogP contribution in [-0.2, 0) is 0 Å². The van der Waals surface area contributed by atoms with E-state index < -0.39 is 29.0 Å². The summed E-state index contributed by atoms with van der Waals surface area (Å²) in [6.45, 7) is -2.79. The fourth-order valence-electron chi connectivity index (χ4n) is 8.28. The van der Waals surface area contributed by atoms with Crippen molar-refractivity contribution in [3.8, 4) is 0 Å². The molecule has 2 atom stereocenters. The Morgan fingerprint density at radius 1 is 0.373 bits per heavy atom. The van der Waals surface area contributed by atoms with Crippen molar-refractivity contribution in [2.75, 3.05) is 4.44 Å². The van der Waals surface area contributed by atoms with Crippen molar-refractivity contribution in [3.05, 3.63) is 253 Å². The molecule has 59 heavy (non-hydrogen) atoms. The van der Waals surface area contributed by atoms with E-state index in [0.717, 1.165) is 11.3 Å². The lowest BCUT2D eigenvalue weighted by molar-refractivity contribution is -0.0000106. The monoisotopic (exact) mass is 939 g/mol. The van der Waals surface area contributed by atoms with Gasteiger partial charge in [0.05, 0.1) is 0 Å². The van der Waals surface area contributed by atoms with E-state index in [1.165, 1.54) is 47.5 Å². The van der Waals surface area contributed by atoms with Gasteiger partial charge >= 0.3 is 0 Å². The summed E-state index contributed by atoms with van der Waals surface area (Å²) in [6.07, 6.45) is 0. The number of hydrogen-bond acceptors (Lipinski definition) is 1. The minimum Gasteiger partial charge on any atom is -1.00 e. The van der Waals surface area contributed by atoms with Crippen LogP contribution in [0.4, 0.5) is 5.69 Å². The molecule has 0 saturated carbocycles. The van der Waals surface area contributed by atoms with E-state index in [9.17, 15) is 0 Å². The van der Waals surface area contributed by atoms with Crippen LogP contribution in [0, 0.1) is 0 Å². The molecule has 0 spiro atoms. The molecule has 1 heterocycles. The first-order valence-electron chi connectivity index (χ1n) is 19.2. The SMILES string of the molecule is ClP1C([P+](c2ccccc2)(c2ccccc2)c2ccccc2)=C(c2ccccc2)C(=P(c2ccccc2)(c2ccccc2)c2ccccc2)P(Cl)N1c1ccccc1.[Br-]. The highest BCUT2D eigenvalue weighted by molar-refractivity contribution is 8.23. The maximum absolute atomic E-state index is 8.50. The van der Waals surface area contributed by atoms with Crippen LogP contribution in [0.2, 0.25) is 0 Å². The largest absolute Gasteiger partial charge is 1.00 e. The number of hydrogen-bond donors (Lipinski definition) is 0. The van der Waals surface area contributed by atoms with Gasteiger partial charge in [-0.25, -0.2) is 0 Å². The molecule has 0 saturated heterocycles. The molecule has 8 aromatic rings. The molecule has 0 aliphatic carbocycles. The maximum atomic E-state index is 8.50. The Kier molecular flexibility index (Phi) is 13.2. The lowest BCUT2D eigenvalue weighted by Gasteiger charge is -2.46. The van der Waals surface area contributed by atoms with Crippen LogP contribution in [-0.4, -0.2) is 5.03 Å². The van der Waals surface area contributed by atoms with Gasteiger partial charge in [0.25, 0.3) is 0 Å². The fourth-order valence-corrected chi connectivity index (χ4v) is 29.3. The van der Waals surface area contributed by atoms with E-state index in [1.807, 2.05) is 0 Å². The molecule has 0 fully saturated rings. The second-order valence-electron chi connectivity index (χ2n) is 13.9. The van der Waals surface area contributed by atoms with Crippen molar-refractivity contribution in [1.29, 1.82) is 0 Å². The third-order valence-corrected chi connectivity index (χ3v) is 28.4. The smallest absolute Gasteiger partial charge is 0.165 e. The van der Waals surface area contributed by atoms with Crippen LogP contribution < -0.4 is 53.2 Å². The number of rotatable bonds is 9. The van der Waals surface area contributed by atoms with Crippen LogP contribution in [0.25, 0.3) is 5.57 Å². The Morgan fingerprint density at radius 3 is 1.03 bits per heavy atom. The molecule has 2 unspecified atom stereocenters. The van der Waals surface area contributed by atoms with Crippen molar-refractivity contribution in [1.82, 2.24) is 0 Å². The van der Waals surface area contributed by atoms with Gasteiger partial charge in [0.15, 0.2) is 12.5 Å².